The molecule has 0 aromatic rings. The van der Waals surface area contributed by atoms with Crippen LogP contribution in [0, 0.1) is 5.92 Å². The molecule has 3 fully saturated rings. The molecule has 5 nitrogen and oxygen atoms in total. The molecule has 0 aromatic heterocycles. The van der Waals surface area contributed by atoms with Gasteiger partial charge in [-0.15, -0.1) is 0 Å². The quantitative estimate of drug-likeness (QED) is 0.772. The molecule has 0 spiro atoms. The molecule has 0 aromatic carbocycles. The van der Waals surface area contributed by atoms with Crippen LogP contribution in [0.3, 0.4) is 0 Å². The minimum absolute atomic E-state index is 0.109. The summed E-state index contributed by atoms with van der Waals surface area (Å²) in [6, 6.07) is 0.109. The van der Waals surface area contributed by atoms with Crippen molar-refractivity contribution in [2.24, 2.45) is 5.92 Å². The largest absolute Gasteiger partial charge is 0.378 e. The summed E-state index contributed by atoms with van der Waals surface area (Å²) in [7, 11) is 0. The number of hydrogen-bond acceptors (Lipinski definition) is 4. The zero-order valence-electron chi connectivity index (χ0n) is 13.8. The number of nitrogens with zero attached hydrogens (tertiary/aromatic N) is 2. The lowest BCUT2D eigenvalue weighted by Crippen LogP contribution is -2.55. The molecule has 5 heteroatoms. The van der Waals surface area contributed by atoms with Crippen molar-refractivity contribution in [3.05, 3.63) is 0 Å². The SMILES string of the molecule is CCOC1CC(CN2CCCCC2C(=O)N2CCOCC2)C1. The zero-order valence-corrected chi connectivity index (χ0v) is 13.8. The average molecular weight is 310 g/mol. The molecule has 1 aliphatic carbocycles. The topological polar surface area (TPSA) is 42.0 Å². The maximum atomic E-state index is 12.8. The summed E-state index contributed by atoms with van der Waals surface area (Å²) in [4.78, 5) is 17.3. The van der Waals surface area contributed by atoms with Crippen LogP contribution in [0.5, 0.6) is 0 Å². The Labute approximate surface area is 133 Å². The lowest BCUT2D eigenvalue weighted by Gasteiger charge is -2.43. The van der Waals surface area contributed by atoms with Gasteiger partial charge in [0, 0.05) is 26.2 Å². The van der Waals surface area contributed by atoms with E-state index >= 15 is 0 Å². The molecule has 3 aliphatic rings. The Morgan fingerprint density at radius 1 is 1.18 bits per heavy atom. The van der Waals surface area contributed by atoms with Crippen LogP contribution in [0.15, 0.2) is 0 Å². The first-order valence-corrected chi connectivity index (χ1v) is 9.00. The van der Waals surface area contributed by atoms with Crippen molar-refractivity contribution in [1.29, 1.82) is 0 Å². The molecule has 2 aliphatic heterocycles. The number of amides is 1. The van der Waals surface area contributed by atoms with Crippen molar-refractivity contribution in [1.82, 2.24) is 9.80 Å². The number of ether oxygens (including phenoxy) is 2. The Balaban J connectivity index is 1.51. The molecule has 1 unspecified atom stereocenters. The van der Waals surface area contributed by atoms with E-state index in [0.717, 1.165) is 45.1 Å². The highest BCUT2D eigenvalue weighted by Gasteiger charge is 2.37. The number of rotatable bonds is 5. The second-order valence-corrected chi connectivity index (χ2v) is 6.86. The maximum Gasteiger partial charge on any atom is 0.240 e. The second kappa shape index (κ2) is 7.75. The standard InChI is InChI=1S/C17H30N2O3/c1-2-22-15-11-14(12-15)13-19-6-4-3-5-16(19)17(20)18-7-9-21-10-8-18/h14-16H,2-13H2,1H3. The van der Waals surface area contributed by atoms with E-state index in [1.165, 1.54) is 25.7 Å². The maximum absolute atomic E-state index is 12.8. The van der Waals surface area contributed by atoms with Crippen LogP contribution in [-0.4, -0.2) is 73.9 Å². The summed E-state index contributed by atoms with van der Waals surface area (Å²) in [5.74, 6) is 1.05. The number of hydrogen-bond donors (Lipinski definition) is 0. The number of morpholine rings is 1. The summed E-state index contributed by atoms with van der Waals surface area (Å²) < 4.78 is 11.0. The summed E-state index contributed by atoms with van der Waals surface area (Å²) in [6.07, 6.45) is 6.25. The van der Waals surface area contributed by atoms with Crippen LogP contribution >= 0.6 is 0 Å². The van der Waals surface area contributed by atoms with Crippen molar-refractivity contribution in [3.63, 3.8) is 0 Å². The van der Waals surface area contributed by atoms with Crippen LogP contribution in [0.2, 0.25) is 0 Å². The number of likely N-dealkylation sites (tertiary alicyclic amines) is 1. The van der Waals surface area contributed by atoms with E-state index in [1.54, 1.807) is 0 Å². The fraction of sp³-hybridized carbons (Fsp3) is 0.941. The Hall–Kier alpha value is -0.650. The molecule has 126 valence electrons. The van der Waals surface area contributed by atoms with E-state index in [4.69, 9.17) is 9.47 Å². The monoisotopic (exact) mass is 310 g/mol. The van der Waals surface area contributed by atoms with Crippen molar-refractivity contribution in [2.75, 3.05) is 46.0 Å². The van der Waals surface area contributed by atoms with Crippen molar-refractivity contribution in [3.8, 4) is 0 Å². The Morgan fingerprint density at radius 2 is 1.95 bits per heavy atom. The van der Waals surface area contributed by atoms with Gasteiger partial charge in [-0.05, 0) is 45.1 Å². The molecule has 1 saturated carbocycles. The smallest absolute Gasteiger partial charge is 0.240 e. The summed E-state index contributed by atoms with van der Waals surface area (Å²) in [5, 5.41) is 0. The lowest BCUT2D eigenvalue weighted by molar-refractivity contribution is -0.143. The predicted octanol–water partition coefficient (Wildman–Crippen LogP) is 1.51. The van der Waals surface area contributed by atoms with Crippen LogP contribution < -0.4 is 0 Å². The van der Waals surface area contributed by atoms with Gasteiger partial charge in [-0.3, -0.25) is 9.69 Å². The summed E-state index contributed by atoms with van der Waals surface area (Å²) in [5.41, 5.74) is 0. The van der Waals surface area contributed by atoms with Crippen molar-refractivity contribution in [2.45, 2.75) is 51.2 Å². The third-order valence-corrected chi connectivity index (χ3v) is 5.31. The Kier molecular flexibility index (Phi) is 5.71. The molecule has 1 amide bonds. The highest BCUT2D eigenvalue weighted by molar-refractivity contribution is 5.82. The van der Waals surface area contributed by atoms with Gasteiger partial charge in [0.25, 0.3) is 0 Å². The first-order valence-electron chi connectivity index (χ1n) is 9.00. The van der Waals surface area contributed by atoms with Crippen LogP contribution in [0.25, 0.3) is 0 Å². The average Bonchev–Trinajstić information content (AvgIpc) is 2.53. The fourth-order valence-corrected chi connectivity index (χ4v) is 4.01. The zero-order chi connectivity index (χ0) is 15.4. The van der Waals surface area contributed by atoms with Gasteiger partial charge in [-0.25, -0.2) is 0 Å². The van der Waals surface area contributed by atoms with Crippen LogP contribution in [0.1, 0.15) is 39.0 Å². The highest BCUT2D eigenvalue weighted by Crippen LogP contribution is 2.32. The first-order chi connectivity index (χ1) is 10.8. The van der Waals surface area contributed by atoms with E-state index in [9.17, 15) is 4.79 Å². The van der Waals surface area contributed by atoms with Crippen LogP contribution in [-0.2, 0) is 14.3 Å². The molecule has 0 bridgehead atoms. The normalized spacial score (nSPS) is 33.5. The van der Waals surface area contributed by atoms with E-state index in [-0.39, 0.29) is 6.04 Å². The molecule has 0 radical (unpaired) electrons. The molecule has 1 atom stereocenters. The minimum atomic E-state index is 0.109. The summed E-state index contributed by atoms with van der Waals surface area (Å²) in [6.45, 7) is 7.95. The van der Waals surface area contributed by atoms with Gasteiger partial charge in [-0.1, -0.05) is 6.42 Å². The van der Waals surface area contributed by atoms with Gasteiger partial charge in [0.05, 0.1) is 25.4 Å². The number of carbonyl (C=O) groups excluding carboxylic acids is 1. The number of carbonyl (C=O) groups is 1. The second-order valence-electron chi connectivity index (χ2n) is 6.86. The van der Waals surface area contributed by atoms with Crippen molar-refractivity contribution < 1.29 is 14.3 Å². The van der Waals surface area contributed by atoms with Gasteiger partial charge in [0.1, 0.15) is 0 Å². The van der Waals surface area contributed by atoms with Gasteiger partial charge >= 0.3 is 0 Å². The van der Waals surface area contributed by atoms with E-state index < -0.39 is 0 Å². The van der Waals surface area contributed by atoms with Gasteiger partial charge in [0.15, 0.2) is 0 Å². The van der Waals surface area contributed by atoms with E-state index in [0.29, 0.717) is 25.2 Å². The number of piperidine rings is 1. The van der Waals surface area contributed by atoms with Gasteiger partial charge in [0.2, 0.25) is 5.91 Å². The molecule has 22 heavy (non-hydrogen) atoms. The van der Waals surface area contributed by atoms with Gasteiger partial charge in [-0.2, -0.15) is 0 Å². The van der Waals surface area contributed by atoms with E-state index in [1.807, 2.05) is 4.90 Å². The summed E-state index contributed by atoms with van der Waals surface area (Å²) >= 11 is 0. The van der Waals surface area contributed by atoms with Crippen molar-refractivity contribution >= 4 is 5.91 Å². The third kappa shape index (κ3) is 3.81. The van der Waals surface area contributed by atoms with Gasteiger partial charge < -0.3 is 14.4 Å². The molecule has 2 saturated heterocycles. The Morgan fingerprint density at radius 3 is 2.68 bits per heavy atom. The molecule has 0 N–H and O–H groups in total. The predicted molar refractivity (Wildman–Crippen MR) is 84.7 cm³/mol. The molecular weight excluding hydrogens is 280 g/mol. The molecular formula is C17H30N2O3. The minimum Gasteiger partial charge on any atom is -0.378 e. The highest BCUT2D eigenvalue weighted by atomic mass is 16.5. The van der Waals surface area contributed by atoms with E-state index in [2.05, 4.69) is 11.8 Å². The van der Waals surface area contributed by atoms with Crippen LogP contribution in [0.4, 0.5) is 0 Å². The fourth-order valence-electron chi connectivity index (χ4n) is 4.01. The Bertz CT molecular complexity index is 365. The third-order valence-electron chi connectivity index (χ3n) is 5.31. The molecule has 3 rings (SSSR count). The first kappa shape index (κ1) is 16.2. The lowest BCUT2D eigenvalue weighted by atomic mass is 9.81. The molecule has 2 heterocycles.